The third kappa shape index (κ3) is 3.99. The van der Waals surface area contributed by atoms with Gasteiger partial charge in [0.2, 0.25) is 5.91 Å². The first-order valence-electron chi connectivity index (χ1n) is 10.6. The average molecular weight is 408 g/mol. The number of hydrogen-bond donors (Lipinski definition) is 0. The van der Waals surface area contributed by atoms with Crippen LogP contribution in [0.1, 0.15) is 23.1 Å². The Morgan fingerprint density at radius 3 is 2.53 bits per heavy atom. The SMILES string of the molecule is Cc1ccc2c(c1)N(CCC(=O)N1CCN(c3cccc(C)c3C)CC1)C(=O)CO2. The second-order valence-corrected chi connectivity index (χ2v) is 8.14. The lowest BCUT2D eigenvalue weighted by molar-refractivity contribution is -0.131. The number of carbonyl (C=O) groups excluding carboxylic acids is 2. The van der Waals surface area contributed by atoms with Gasteiger partial charge in [-0.3, -0.25) is 9.59 Å². The van der Waals surface area contributed by atoms with Gasteiger partial charge in [-0.25, -0.2) is 0 Å². The molecule has 2 aliphatic rings. The Labute approximate surface area is 178 Å². The topological polar surface area (TPSA) is 53.1 Å². The molecule has 0 saturated carbocycles. The Balaban J connectivity index is 1.35. The van der Waals surface area contributed by atoms with Gasteiger partial charge in [0, 0.05) is 44.8 Å². The maximum absolute atomic E-state index is 12.8. The molecule has 2 heterocycles. The maximum atomic E-state index is 12.8. The number of benzene rings is 2. The zero-order chi connectivity index (χ0) is 21.3. The molecule has 0 bridgehead atoms. The van der Waals surface area contributed by atoms with E-state index in [1.807, 2.05) is 30.0 Å². The Kier molecular flexibility index (Phi) is 5.66. The summed E-state index contributed by atoms with van der Waals surface area (Å²) in [7, 11) is 0. The van der Waals surface area contributed by atoms with Crippen LogP contribution < -0.4 is 14.5 Å². The number of amides is 2. The number of rotatable bonds is 4. The van der Waals surface area contributed by atoms with Crippen LogP contribution in [0.5, 0.6) is 5.75 Å². The molecule has 0 N–H and O–H groups in total. The van der Waals surface area contributed by atoms with E-state index in [0.29, 0.717) is 31.8 Å². The molecule has 1 fully saturated rings. The van der Waals surface area contributed by atoms with Crippen LogP contribution in [0, 0.1) is 20.8 Å². The summed E-state index contributed by atoms with van der Waals surface area (Å²) >= 11 is 0. The lowest BCUT2D eigenvalue weighted by Crippen LogP contribution is -2.50. The molecule has 0 aromatic heterocycles. The van der Waals surface area contributed by atoms with Crippen LogP contribution in [0.15, 0.2) is 36.4 Å². The van der Waals surface area contributed by atoms with Crippen molar-refractivity contribution in [2.75, 3.05) is 49.1 Å². The third-order valence-corrected chi connectivity index (χ3v) is 6.16. The fraction of sp³-hybridized carbons (Fsp3) is 0.417. The smallest absolute Gasteiger partial charge is 0.265 e. The summed E-state index contributed by atoms with van der Waals surface area (Å²) in [5, 5.41) is 0. The minimum absolute atomic E-state index is 0.0266. The van der Waals surface area contributed by atoms with Gasteiger partial charge >= 0.3 is 0 Å². The number of carbonyl (C=O) groups is 2. The first-order valence-corrected chi connectivity index (χ1v) is 10.6. The van der Waals surface area contributed by atoms with E-state index in [1.54, 1.807) is 4.90 Å². The van der Waals surface area contributed by atoms with E-state index >= 15 is 0 Å². The van der Waals surface area contributed by atoms with Crippen molar-refractivity contribution in [2.45, 2.75) is 27.2 Å². The summed E-state index contributed by atoms with van der Waals surface area (Å²) in [6.45, 7) is 9.75. The van der Waals surface area contributed by atoms with Crippen molar-refractivity contribution in [1.29, 1.82) is 0 Å². The first kappa shape index (κ1) is 20.3. The van der Waals surface area contributed by atoms with Crippen molar-refractivity contribution in [3.8, 4) is 5.75 Å². The van der Waals surface area contributed by atoms with Gasteiger partial charge in [0.05, 0.1) is 5.69 Å². The molecule has 158 valence electrons. The number of ether oxygens (including phenoxy) is 1. The van der Waals surface area contributed by atoms with Gasteiger partial charge in [0.15, 0.2) is 6.61 Å². The fourth-order valence-electron chi connectivity index (χ4n) is 4.20. The van der Waals surface area contributed by atoms with Crippen LogP contribution in [-0.2, 0) is 9.59 Å². The number of hydrogen-bond acceptors (Lipinski definition) is 4. The van der Waals surface area contributed by atoms with E-state index in [2.05, 4.69) is 36.9 Å². The molecule has 1 saturated heterocycles. The molecule has 0 aliphatic carbocycles. The van der Waals surface area contributed by atoms with Crippen LogP contribution >= 0.6 is 0 Å². The van der Waals surface area contributed by atoms with Gasteiger partial charge in [-0.15, -0.1) is 0 Å². The molecular formula is C24H29N3O3. The lowest BCUT2D eigenvalue weighted by Gasteiger charge is -2.37. The highest BCUT2D eigenvalue weighted by atomic mass is 16.5. The van der Waals surface area contributed by atoms with Gasteiger partial charge in [-0.2, -0.15) is 0 Å². The van der Waals surface area contributed by atoms with Gasteiger partial charge in [-0.05, 0) is 55.7 Å². The van der Waals surface area contributed by atoms with Crippen molar-refractivity contribution < 1.29 is 14.3 Å². The van der Waals surface area contributed by atoms with E-state index in [0.717, 1.165) is 24.3 Å². The Morgan fingerprint density at radius 2 is 1.77 bits per heavy atom. The molecule has 2 amide bonds. The summed E-state index contributed by atoms with van der Waals surface area (Å²) in [5.74, 6) is 0.708. The van der Waals surface area contributed by atoms with Crippen LogP contribution in [0.25, 0.3) is 0 Å². The fourth-order valence-corrected chi connectivity index (χ4v) is 4.20. The van der Waals surface area contributed by atoms with Gasteiger partial charge in [0.25, 0.3) is 5.91 Å². The van der Waals surface area contributed by atoms with E-state index in [9.17, 15) is 9.59 Å². The molecule has 2 aromatic rings. The number of anilines is 2. The number of aryl methyl sites for hydroxylation is 2. The quantitative estimate of drug-likeness (QED) is 0.782. The monoisotopic (exact) mass is 407 g/mol. The van der Waals surface area contributed by atoms with Crippen LogP contribution in [-0.4, -0.2) is 56.0 Å². The predicted molar refractivity (Wildman–Crippen MR) is 118 cm³/mol. The minimum atomic E-state index is -0.0966. The van der Waals surface area contributed by atoms with Crippen molar-refractivity contribution in [1.82, 2.24) is 4.90 Å². The molecule has 2 aliphatic heterocycles. The van der Waals surface area contributed by atoms with E-state index < -0.39 is 0 Å². The van der Waals surface area contributed by atoms with E-state index in [4.69, 9.17) is 4.74 Å². The van der Waals surface area contributed by atoms with Gasteiger partial charge < -0.3 is 19.4 Å². The second kappa shape index (κ2) is 8.38. The Hall–Kier alpha value is -3.02. The molecule has 30 heavy (non-hydrogen) atoms. The standard InChI is InChI=1S/C24H29N3O3/c1-17-7-8-22-21(15-17)27(24(29)16-30-22)10-9-23(28)26-13-11-25(12-14-26)20-6-4-5-18(2)19(20)3/h4-8,15H,9-14,16H2,1-3H3. The molecule has 6 nitrogen and oxygen atoms in total. The Morgan fingerprint density at radius 1 is 1.00 bits per heavy atom. The number of piperazine rings is 1. The summed E-state index contributed by atoms with van der Waals surface area (Å²) in [6, 6.07) is 12.2. The van der Waals surface area contributed by atoms with E-state index in [-0.39, 0.29) is 18.4 Å². The Bertz CT molecular complexity index is 964. The van der Waals surface area contributed by atoms with Crippen LogP contribution in [0.2, 0.25) is 0 Å². The molecule has 0 atom stereocenters. The summed E-state index contributed by atoms with van der Waals surface area (Å²) in [5.41, 5.74) is 5.67. The summed E-state index contributed by atoms with van der Waals surface area (Å²) in [4.78, 5) is 31.2. The van der Waals surface area contributed by atoms with Gasteiger partial charge in [-0.1, -0.05) is 18.2 Å². The predicted octanol–water partition coefficient (Wildman–Crippen LogP) is 3.08. The van der Waals surface area contributed by atoms with Crippen molar-refractivity contribution in [2.24, 2.45) is 0 Å². The second-order valence-electron chi connectivity index (χ2n) is 8.14. The van der Waals surface area contributed by atoms with Crippen molar-refractivity contribution in [3.63, 3.8) is 0 Å². The van der Waals surface area contributed by atoms with Crippen LogP contribution in [0.3, 0.4) is 0 Å². The third-order valence-electron chi connectivity index (χ3n) is 6.16. The molecule has 0 spiro atoms. The average Bonchev–Trinajstić information content (AvgIpc) is 2.75. The molecule has 4 rings (SSSR count). The normalized spacial score (nSPS) is 16.4. The molecule has 6 heteroatoms. The largest absolute Gasteiger partial charge is 0.482 e. The minimum Gasteiger partial charge on any atom is -0.482 e. The molecule has 0 unspecified atom stereocenters. The zero-order valence-corrected chi connectivity index (χ0v) is 18.0. The highest BCUT2D eigenvalue weighted by Gasteiger charge is 2.28. The summed E-state index contributed by atoms with van der Waals surface area (Å²) < 4.78 is 5.52. The van der Waals surface area contributed by atoms with Crippen molar-refractivity contribution >= 4 is 23.2 Å². The van der Waals surface area contributed by atoms with E-state index in [1.165, 1.54) is 16.8 Å². The highest BCUT2D eigenvalue weighted by molar-refractivity contribution is 5.98. The van der Waals surface area contributed by atoms with Crippen molar-refractivity contribution in [3.05, 3.63) is 53.1 Å². The van der Waals surface area contributed by atoms with Crippen LogP contribution in [0.4, 0.5) is 11.4 Å². The number of nitrogens with zero attached hydrogens (tertiary/aromatic N) is 3. The maximum Gasteiger partial charge on any atom is 0.265 e. The first-order chi connectivity index (χ1) is 14.4. The summed E-state index contributed by atoms with van der Waals surface area (Å²) in [6.07, 6.45) is 0.322. The molecule has 0 radical (unpaired) electrons. The zero-order valence-electron chi connectivity index (χ0n) is 18.0. The highest BCUT2D eigenvalue weighted by Crippen LogP contribution is 2.33. The number of fused-ring (bicyclic) bond motifs is 1. The lowest BCUT2D eigenvalue weighted by atomic mass is 10.1. The molecule has 2 aromatic carbocycles. The molecular weight excluding hydrogens is 378 g/mol. The van der Waals surface area contributed by atoms with Gasteiger partial charge in [0.1, 0.15) is 5.75 Å².